The zero-order valence-electron chi connectivity index (χ0n) is 8.69. The fourth-order valence-electron chi connectivity index (χ4n) is 1.76. The summed E-state index contributed by atoms with van der Waals surface area (Å²) < 4.78 is 0. The summed E-state index contributed by atoms with van der Waals surface area (Å²) in [6.45, 7) is 3.67. The lowest BCUT2D eigenvalue weighted by Gasteiger charge is -2.03. The smallest absolute Gasteiger partial charge is 0.00882 e. The van der Waals surface area contributed by atoms with Crippen molar-refractivity contribution in [2.45, 2.75) is 6.42 Å². The van der Waals surface area contributed by atoms with Gasteiger partial charge in [0.15, 0.2) is 0 Å². The fraction of sp³-hybridized carbons (Fsp3) is 0.0667. The summed E-state index contributed by atoms with van der Waals surface area (Å²) in [5.74, 6) is 0. The Morgan fingerprint density at radius 1 is 1.00 bits per heavy atom. The first-order valence-electron chi connectivity index (χ1n) is 5.16. The number of rotatable bonds is 3. The first-order chi connectivity index (χ1) is 7.42. The number of benzene rings is 2. The van der Waals surface area contributed by atoms with Crippen LogP contribution in [0.2, 0.25) is 0 Å². The minimum atomic E-state index is 0.966. The van der Waals surface area contributed by atoms with Gasteiger partial charge in [-0.3, -0.25) is 0 Å². The average Bonchev–Trinajstić information content (AvgIpc) is 2.30. The van der Waals surface area contributed by atoms with Gasteiger partial charge in [0.05, 0.1) is 0 Å². The molecule has 0 aliphatic rings. The minimum absolute atomic E-state index is 0.966. The van der Waals surface area contributed by atoms with E-state index in [1.807, 2.05) is 12.2 Å². The Kier molecular flexibility index (Phi) is 2.99. The van der Waals surface area contributed by atoms with Gasteiger partial charge in [-0.15, -0.1) is 0 Å². The van der Waals surface area contributed by atoms with Gasteiger partial charge in [-0.2, -0.15) is 0 Å². The number of hydrogen-bond acceptors (Lipinski definition) is 0. The highest BCUT2D eigenvalue weighted by Gasteiger charge is 1.96. The van der Waals surface area contributed by atoms with Crippen LogP contribution in [0.3, 0.4) is 0 Å². The summed E-state index contributed by atoms with van der Waals surface area (Å²) in [5, 5.41) is 2.65. The van der Waals surface area contributed by atoms with Gasteiger partial charge in [0.25, 0.3) is 0 Å². The van der Waals surface area contributed by atoms with Crippen molar-refractivity contribution in [1.82, 2.24) is 0 Å². The lowest BCUT2D eigenvalue weighted by Crippen LogP contribution is -1.83. The van der Waals surface area contributed by atoms with E-state index in [0.717, 1.165) is 6.42 Å². The van der Waals surface area contributed by atoms with Crippen LogP contribution in [0.25, 0.3) is 10.8 Å². The molecule has 0 spiro atoms. The van der Waals surface area contributed by atoms with Crippen molar-refractivity contribution in [3.05, 3.63) is 72.8 Å². The molecule has 0 radical (unpaired) electrons. The maximum Gasteiger partial charge on any atom is -0.00882 e. The molecule has 2 aromatic rings. The van der Waals surface area contributed by atoms with Crippen LogP contribution in [0.5, 0.6) is 0 Å². The molecule has 0 heteroatoms. The Morgan fingerprint density at radius 2 is 1.80 bits per heavy atom. The highest BCUT2D eigenvalue weighted by molar-refractivity contribution is 5.85. The van der Waals surface area contributed by atoms with Gasteiger partial charge in [0, 0.05) is 0 Å². The summed E-state index contributed by atoms with van der Waals surface area (Å²) in [7, 11) is 0. The van der Waals surface area contributed by atoms with E-state index in [4.69, 9.17) is 0 Å². The van der Waals surface area contributed by atoms with Gasteiger partial charge in [-0.05, 0) is 22.8 Å². The van der Waals surface area contributed by atoms with Gasteiger partial charge in [0.2, 0.25) is 0 Å². The van der Waals surface area contributed by atoms with E-state index in [1.165, 1.54) is 16.3 Å². The molecule has 0 unspecified atom stereocenters. The minimum Gasteiger partial charge on any atom is -0.0991 e. The van der Waals surface area contributed by atoms with Crippen LogP contribution in [0.1, 0.15) is 5.56 Å². The second kappa shape index (κ2) is 4.61. The van der Waals surface area contributed by atoms with E-state index < -0.39 is 0 Å². The third kappa shape index (κ3) is 2.16. The van der Waals surface area contributed by atoms with Crippen molar-refractivity contribution in [3.63, 3.8) is 0 Å². The van der Waals surface area contributed by atoms with E-state index in [9.17, 15) is 0 Å². The Labute approximate surface area is 90.6 Å². The molecule has 0 nitrogen and oxygen atoms in total. The molecule has 2 aromatic carbocycles. The fourth-order valence-corrected chi connectivity index (χ4v) is 1.76. The van der Waals surface area contributed by atoms with Crippen molar-refractivity contribution >= 4 is 10.8 Å². The molecule has 0 atom stereocenters. The maximum atomic E-state index is 3.67. The topological polar surface area (TPSA) is 0 Å². The first kappa shape index (κ1) is 9.72. The molecule has 0 aliphatic heterocycles. The van der Waals surface area contributed by atoms with E-state index >= 15 is 0 Å². The van der Waals surface area contributed by atoms with Gasteiger partial charge in [-0.25, -0.2) is 0 Å². The molecular formula is C15H14. The zero-order valence-corrected chi connectivity index (χ0v) is 8.69. The Morgan fingerprint density at radius 3 is 2.67 bits per heavy atom. The molecule has 74 valence electrons. The standard InChI is InChI=1S/C15H14/c1-2-3-4-8-13-10-7-11-14-9-5-6-12-15(13)14/h2-7,9-12H,1,8H2. The molecule has 0 fully saturated rings. The normalized spacial score (nSPS) is 10.9. The maximum absolute atomic E-state index is 3.67. The number of allylic oxidation sites excluding steroid dienone is 3. The molecule has 0 N–H and O–H groups in total. The first-order valence-corrected chi connectivity index (χ1v) is 5.16. The summed E-state index contributed by atoms with van der Waals surface area (Å²) >= 11 is 0. The van der Waals surface area contributed by atoms with Crippen molar-refractivity contribution in [1.29, 1.82) is 0 Å². The van der Waals surface area contributed by atoms with Crippen LogP contribution >= 0.6 is 0 Å². The monoisotopic (exact) mass is 194 g/mol. The van der Waals surface area contributed by atoms with E-state index in [2.05, 4.69) is 55.1 Å². The third-order valence-corrected chi connectivity index (χ3v) is 2.49. The predicted octanol–water partition coefficient (Wildman–Crippen LogP) is 4.12. The molecule has 0 amide bonds. The number of fused-ring (bicyclic) bond motifs is 1. The quantitative estimate of drug-likeness (QED) is 0.644. The second-order valence-electron chi connectivity index (χ2n) is 3.51. The van der Waals surface area contributed by atoms with Crippen molar-refractivity contribution < 1.29 is 0 Å². The van der Waals surface area contributed by atoms with Crippen molar-refractivity contribution in [2.75, 3.05) is 0 Å². The van der Waals surface area contributed by atoms with E-state index in [0.29, 0.717) is 0 Å². The second-order valence-corrected chi connectivity index (χ2v) is 3.51. The molecular weight excluding hydrogens is 180 g/mol. The molecule has 2 rings (SSSR count). The summed E-state index contributed by atoms with van der Waals surface area (Å²) in [6.07, 6.45) is 6.90. The highest BCUT2D eigenvalue weighted by Crippen LogP contribution is 2.18. The predicted molar refractivity (Wildman–Crippen MR) is 67.0 cm³/mol. The molecule has 0 aromatic heterocycles. The lowest BCUT2D eigenvalue weighted by molar-refractivity contribution is 1.30. The van der Waals surface area contributed by atoms with E-state index in [1.54, 1.807) is 0 Å². The molecule has 0 aliphatic carbocycles. The molecule has 15 heavy (non-hydrogen) atoms. The molecule has 0 heterocycles. The van der Waals surface area contributed by atoms with Crippen LogP contribution in [0.4, 0.5) is 0 Å². The highest BCUT2D eigenvalue weighted by atomic mass is 14.0. The Balaban J connectivity index is 2.42. The van der Waals surface area contributed by atoms with Gasteiger partial charge in [-0.1, -0.05) is 67.3 Å². The van der Waals surface area contributed by atoms with Crippen molar-refractivity contribution in [3.8, 4) is 0 Å². The average molecular weight is 194 g/mol. The molecule has 0 saturated heterocycles. The Hall–Kier alpha value is -1.82. The third-order valence-electron chi connectivity index (χ3n) is 2.49. The molecule has 0 bridgehead atoms. The summed E-state index contributed by atoms with van der Waals surface area (Å²) in [6, 6.07) is 14.9. The molecule has 0 saturated carbocycles. The van der Waals surface area contributed by atoms with Gasteiger partial charge in [0.1, 0.15) is 0 Å². The van der Waals surface area contributed by atoms with Crippen molar-refractivity contribution in [2.24, 2.45) is 0 Å². The van der Waals surface area contributed by atoms with Gasteiger partial charge >= 0.3 is 0 Å². The summed E-state index contributed by atoms with van der Waals surface area (Å²) in [4.78, 5) is 0. The van der Waals surface area contributed by atoms with Crippen LogP contribution in [-0.4, -0.2) is 0 Å². The van der Waals surface area contributed by atoms with Crippen LogP contribution < -0.4 is 0 Å². The largest absolute Gasteiger partial charge is 0.0991 e. The van der Waals surface area contributed by atoms with E-state index in [-0.39, 0.29) is 0 Å². The lowest BCUT2D eigenvalue weighted by atomic mass is 10.0. The zero-order chi connectivity index (χ0) is 10.5. The Bertz CT molecular complexity index is 487. The van der Waals surface area contributed by atoms with Crippen LogP contribution in [-0.2, 0) is 6.42 Å². The van der Waals surface area contributed by atoms with Crippen LogP contribution in [0.15, 0.2) is 67.3 Å². The number of hydrogen-bond donors (Lipinski definition) is 0. The van der Waals surface area contributed by atoms with Crippen LogP contribution in [0, 0.1) is 0 Å². The van der Waals surface area contributed by atoms with Gasteiger partial charge < -0.3 is 0 Å². The SMILES string of the molecule is C=CC=CCc1cccc2ccccc12. The summed E-state index contributed by atoms with van der Waals surface area (Å²) in [5.41, 5.74) is 1.37.